The lowest BCUT2D eigenvalue weighted by Crippen LogP contribution is -2.07. The van der Waals surface area contributed by atoms with Crippen LogP contribution in [0.3, 0.4) is 0 Å². The van der Waals surface area contributed by atoms with E-state index in [0.717, 1.165) is 12.3 Å². The highest BCUT2D eigenvalue weighted by Crippen LogP contribution is 2.28. The molecular formula is C22H28. The van der Waals surface area contributed by atoms with Crippen LogP contribution in [0.5, 0.6) is 0 Å². The average Bonchev–Trinajstić information content (AvgIpc) is 2.61. The van der Waals surface area contributed by atoms with Crippen LogP contribution in [0.4, 0.5) is 0 Å². The van der Waals surface area contributed by atoms with Crippen LogP contribution in [-0.2, 0) is 12.8 Å². The highest BCUT2D eigenvalue weighted by molar-refractivity contribution is 5.63. The molecule has 2 aromatic carbocycles. The van der Waals surface area contributed by atoms with Crippen LogP contribution in [0.2, 0.25) is 0 Å². The molecule has 0 radical (unpaired) electrons. The zero-order valence-corrected chi connectivity index (χ0v) is 13.9. The van der Waals surface area contributed by atoms with Crippen molar-refractivity contribution >= 4 is 0 Å². The Balaban J connectivity index is 1.59. The second kappa shape index (κ2) is 7.63. The van der Waals surface area contributed by atoms with Crippen molar-refractivity contribution in [2.45, 2.75) is 58.3 Å². The van der Waals surface area contributed by atoms with Crippen molar-refractivity contribution in [2.75, 3.05) is 0 Å². The van der Waals surface area contributed by atoms with Crippen LogP contribution in [0.15, 0.2) is 48.5 Å². The molecule has 0 N–H and O–H groups in total. The highest BCUT2D eigenvalue weighted by Gasteiger charge is 2.12. The van der Waals surface area contributed by atoms with Crippen LogP contribution in [0.25, 0.3) is 11.1 Å². The number of hydrogen-bond donors (Lipinski definition) is 0. The molecule has 0 saturated heterocycles. The molecular weight excluding hydrogens is 264 g/mol. The standard InChI is InChI=1S/C22H28/c1-2-18-10-14-21(15-11-18)22-16-12-20(13-17-22)9-8-19-6-4-3-5-7-19/h10-17,19H,2-9H2,1H3. The fourth-order valence-electron chi connectivity index (χ4n) is 3.64. The summed E-state index contributed by atoms with van der Waals surface area (Å²) in [5.41, 5.74) is 5.58. The van der Waals surface area contributed by atoms with Crippen molar-refractivity contribution in [3.05, 3.63) is 59.7 Å². The normalized spacial score (nSPS) is 15.9. The van der Waals surface area contributed by atoms with E-state index in [1.165, 1.54) is 67.2 Å². The van der Waals surface area contributed by atoms with Gasteiger partial charge in [0.1, 0.15) is 0 Å². The molecule has 0 aromatic heterocycles. The maximum Gasteiger partial charge on any atom is -0.0184 e. The fourth-order valence-corrected chi connectivity index (χ4v) is 3.64. The van der Waals surface area contributed by atoms with Crippen LogP contribution < -0.4 is 0 Å². The third-order valence-corrected chi connectivity index (χ3v) is 5.22. The number of benzene rings is 2. The summed E-state index contributed by atoms with van der Waals surface area (Å²) in [5.74, 6) is 0.981. The molecule has 2 aromatic rings. The van der Waals surface area contributed by atoms with E-state index in [0.29, 0.717) is 0 Å². The molecule has 1 aliphatic rings. The summed E-state index contributed by atoms with van der Waals surface area (Å²) < 4.78 is 0. The second-order valence-corrected chi connectivity index (χ2v) is 6.79. The van der Waals surface area contributed by atoms with E-state index in [9.17, 15) is 0 Å². The molecule has 1 saturated carbocycles. The average molecular weight is 292 g/mol. The van der Waals surface area contributed by atoms with E-state index >= 15 is 0 Å². The summed E-state index contributed by atoms with van der Waals surface area (Å²) in [6, 6.07) is 18.2. The summed E-state index contributed by atoms with van der Waals surface area (Å²) in [7, 11) is 0. The first-order valence-corrected chi connectivity index (χ1v) is 9.03. The van der Waals surface area contributed by atoms with Crippen LogP contribution in [0.1, 0.15) is 56.6 Å². The minimum Gasteiger partial charge on any atom is -0.0613 e. The van der Waals surface area contributed by atoms with E-state index in [1.807, 2.05) is 0 Å². The molecule has 0 spiro atoms. The quantitative estimate of drug-likeness (QED) is 0.595. The first-order chi connectivity index (χ1) is 10.8. The summed E-state index contributed by atoms with van der Waals surface area (Å²) in [4.78, 5) is 0. The second-order valence-electron chi connectivity index (χ2n) is 6.79. The van der Waals surface area contributed by atoms with E-state index < -0.39 is 0 Å². The van der Waals surface area contributed by atoms with Gasteiger partial charge in [0.05, 0.1) is 0 Å². The minimum absolute atomic E-state index is 0.981. The van der Waals surface area contributed by atoms with Crippen molar-refractivity contribution in [3.63, 3.8) is 0 Å². The lowest BCUT2D eigenvalue weighted by atomic mass is 9.85. The van der Waals surface area contributed by atoms with Gasteiger partial charge >= 0.3 is 0 Å². The summed E-state index contributed by atoms with van der Waals surface area (Å²) >= 11 is 0. The third kappa shape index (κ3) is 4.00. The zero-order chi connectivity index (χ0) is 15.2. The van der Waals surface area contributed by atoms with Crippen molar-refractivity contribution < 1.29 is 0 Å². The monoisotopic (exact) mass is 292 g/mol. The van der Waals surface area contributed by atoms with Gasteiger partial charge in [-0.15, -0.1) is 0 Å². The van der Waals surface area contributed by atoms with Crippen LogP contribution in [-0.4, -0.2) is 0 Å². The maximum atomic E-state index is 2.33. The summed E-state index contributed by atoms with van der Waals surface area (Å²) in [6.07, 6.45) is 11.0. The first kappa shape index (κ1) is 15.3. The highest BCUT2D eigenvalue weighted by atomic mass is 14.2. The van der Waals surface area contributed by atoms with E-state index in [-0.39, 0.29) is 0 Å². The largest absolute Gasteiger partial charge is 0.0613 e. The van der Waals surface area contributed by atoms with Gasteiger partial charge in [0.15, 0.2) is 0 Å². The molecule has 3 rings (SSSR count). The molecule has 116 valence electrons. The number of rotatable bonds is 5. The van der Waals surface area contributed by atoms with Gasteiger partial charge in [0.2, 0.25) is 0 Å². The lowest BCUT2D eigenvalue weighted by Gasteiger charge is -2.21. The molecule has 0 heterocycles. The van der Waals surface area contributed by atoms with Crippen molar-refractivity contribution in [1.29, 1.82) is 0 Å². The van der Waals surface area contributed by atoms with Gasteiger partial charge in [0.25, 0.3) is 0 Å². The Labute approximate surface area is 135 Å². The van der Waals surface area contributed by atoms with E-state index in [2.05, 4.69) is 55.5 Å². The summed E-state index contributed by atoms with van der Waals surface area (Å²) in [5, 5.41) is 0. The Morgan fingerprint density at radius 2 is 1.27 bits per heavy atom. The zero-order valence-electron chi connectivity index (χ0n) is 13.9. The molecule has 0 nitrogen and oxygen atoms in total. The molecule has 0 unspecified atom stereocenters. The smallest absolute Gasteiger partial charge is 0.0184 e. The van der Waals surface area contributed by atoms with Crippen molar-refractivity contribution in [3.8, 4) is 11.1 Å². The number of hydrogen-bond acceptors (Lipinski definition) is 0. The Morgan fingerprint density at radius 3 is 1.82 bits per heavy atom. The van der Waals surface area contributed by atoms with E-state index in [1.54, 1.807) is 0 Å². The predicted molar refractivity (Wildman–Crippen MR) is 96.2 cm³/mol. The number of aryl methyl sites for hydroxylation is 2. The Hall–Kier alpha value is -1.56. The van der Waals surface area contributed by atoms with Crippen LogP contribution >= 0.6 is 0 Å². The molecule has 0 amide bonds. The first-order valence-electron chi connectivity index (χ1n) is 9.03. The maximum absolute atomic E-state index is 2.33. The van der Waals surface area contributed by atoms with Gasteiger partial charge < -0.3 is 0 Å². The van der Waals surface area contributed by atoms with Gasteiger partial charge in [0, 0.05) is 0 Å². The lowest BCUT2D eigenvalue weighted by molar-refractivity contribution is 0.339. The molecule has 0 heteroatoms. The fraction of sp³-hybridized carbons (Fsp3) is 0.455. The molecule has 0 atom stereocenters. The Morgan fingerprint density at radius 1 is 0.727 bits per heavy atom. The molecule has 0 bridgehead atoms. The van der Waals surface area contributed by atoms with E-state index in [4.69, 9.17) is 0 Å². The topological polar surface area (TPSA) is 0 Å². The van der Waals surface area contributed by atoms with Gasteiger partial charge in [-0.3, -0.25) is 0 Å². The Kier molecular flexibility index (Phi) is 5.32. The molecule has 22 heavy (non-hydrogen) atoms. The molecule has 1 fully saturated rings. The van der Waals surface area contributed by atoms with Crippen LogP contribution in [0, 0.1) is 5.92 Å². The van der Waals surface area contributed by atoms with Gasteiger partial charge in [-0.1, -0.05) is 87.6 Å². The molecule has 0 aliphatic heterocycles. The predicted octanol–water partition coefficient (Wildman–Crippen LogP) is 6.43. The van der Waals surface area contributed by atoms with Gasteiger partial charge in [-0.05, 0) is 47.4 Å². The Bertz CT molecular complexity index is 556. The third-order valence-electron chi connectivity index (χ3n) is 5.22. The minimum atomic E-state index is 0.981. The van der Waals surface area contributed by atoms with Crippen molar-refractivity contribution in [2.24, 2.45) is 5.92 Å². The van der Waals surface area contributed by atoms with Gasteiger partial charge in [-0.25, -0.2) is 0 Å². The van der Waals surface area contributed by atoms with Crippen molar-refractivity contribution in [1.82, 2.24) is 0 Å². The van der Waals surface area contributed by atoms with Gasteiger partial charge in [-0.2, -0.15) is 0 Å². The summed E-state index contributed by atoms with van der Waals surface area (Å²) in [6.45, 7) is 2.20. The molecule has 1 aliphatic carbocycles. The SMILES string of the molecule is CCc1ccc(-c2ccc(CCC3CCCCC3)cc2)cc1.